The van der Waals surface area contributed by atoms with Crippen molar-refractivity contribution in [3.05, 3.63) is 29.8 Å². The summed E-state index contributed by atoms with van der Waals surface area (Å²) in [7, 11) is 0. The summed E-state index contributed by atoms with van der Waals surface area (Å²) in [5.41, 5.74) is 7.62. The lowest BCUT2D eigenvalue weighted by Gasteiger charge is -2.17. The minimum absolute atomic E-state index is 0.00736. The van der Waals surface area contributed by atoms with Crippen LogP contribution in [0, 0.1) is 0 Å². The van der Waals surface area contributed by atoms with Gasteiger partial charge in [0.15, 0.2) is 0 Å². The van der Waals surface area contributed by atoms with Crippen LogP contribution in [0.5, 0.6) is 0 Å². The summed E-state index contributed by atoms with van der Waals surface area (Å²) in [5.74, 6) is 0. The van der Waals surface area contributed by atoms with Crippen molar-refractivity contribution in [2.45, 2.75) is 33.2 Å². The predicted molar refractivity (Wildman–Crippen MR) is 88.5 cm³/mol. The maximum Gasteiger partial charge on any atom is 0.319 e. The second-order valence-electron chi connectivity index (χ2n) is 5.17. The second-order valence-corrected chi connectivity index (χ2v) is 5.17. The van der Waals surface area contributed by atoms with Crippen molar-refractivity contribution in [1.82, 2.24) is 10.2 Å². The molecule has 1 atom stereocenters. The zero-order valence-electron chi connectivity index (χ0n) is 13.4. The van der Waals surface area contributed by atoms with Gasteiger partial charge in [-0.15, -0.1) is 0 Å². The van der Waals surface area contributed by atoms with Crippen LogP contribution >= 0.6 is 0 Å². The molecule has 0 fully saturated rings. The molecule has 0 heterocycles. The molecule has 0 aliphatic heterocycles. The highest BCUT2D eigenvalue weighted by Gasteiger charge is 2.03. The molecule has 0 aliphatic rings. The molecule has 1 unspecified atom stereocenters. The van der Waals surface area contributed by atoms with Crippen molar-refractivity contribution < 1.29 is 4.79 Å². The number of nitrogens with two attached hydrogens (primary N) is 1. The van der Waals surface area contributed by atoms with Crippen LogP contribution in [-0.4, -0.2) is 37.1 Å². The van der Waals surface area contributed by atoms with E-state index in [1.807, 2.05) is 31.2 Å². The summed E-state index contributed by atoms with van der Waals surface area (Å²) in [6, 6.07) is 7.44. The maximum absolute atomic E-state index is 11.8. The molecule has 0 aromatic heterocycles. The fraction of sp³-hybridized carbons (Fsp3) is 0.562. The average Bonchev–Trinajstić information content (AvgIpc) is 2.48. The molecular formula is C16H28N4O. The Labute approximate surface area is 127 Å². The number of anilines is 1. The molecule has 4 N–H and O–H groups in total. The normalized spacial score (nSPS) is 12.2. The maximum atomic E-state index is 11.8. The molecular weight excluding hydrogens is 264 g/mol. The van der Waals surface area contributed by atoms with E-state index < -0.39 is 0 Å². The number of nitrogens with zero attached hydrogens (tertiary/aromatic N) is 1. The Hall–Kier alpha value is -1.59. The molecule has 0 aliphatic carbocycles. The number of carbonyl (C=O) groups excluding carboxylic acids is 1. The van der Waals surface area contributed by atoms with Crippen molar-refractivity contribution in [2.75, 3.05) is 31.5 Å². The number of carbonyl (C=O) groups is 1. The first kappa shape index (κ1) is 17.5. The van der Waals surface area contributed by atoms with Gasteiger partial charge in [0, 0.05) is 18.3 Å². The molecule has 118 valence electrons. The molecule has 0 saturated heterocycles. The van der Waals surface area contributed by atoms with Gasteiger partial charge in [0.25, 0.3) is 0 Å². The minimum Gasteiger partial charge on any atom is -0.338 e. The van der Waals surface area contributed by atoms with Crippen LogP contribution in [0.4, 0.5) is 10.5 Å². The third kappa shape index (κ3) is 6.60. The van der Waals surface area contributed by atoms with Crippen molar-refractivity contribution in [1.29, 1.82) is 0 Å². The van der Waals surface area contributed by atoms with Crippen LogP contribution in [0.3, 0.4) is 0 Å². The van der Waals surface area contributed by atoms with Crippen LogP contribution in [-0.2, 0) is 0 Å². The molecule has 1 rings (SSSR count). The van der Waals surface area contributed by atoms with E-state index in [4.69, 9.17) is 5.73 Å². The van der Waals surface area contributed by atoms with E-state index in [0.717, 1.165) is 37.3 Å². The van der Waals surface area contributed by atoms with Gasteiger partial charge in [0.2, 0.25) is 0 Å². The number of benzene rings is 1. The number of hydrogen-bond acceptors (Lipinski definition) is 3. The Morgan fingerprint density at radius 1 is 1.24 bits per heavy atom. The van der Waals surface area contributed by atoms with E-state index in [1.54, 1.807) is 0 Å². The molecule has 5 heteroatoms. The number of urea groups is 1. The number of amides is 2. The zero-order valence-corrected chi connectivity index (χ0v) is 13.4. The summed E-state index contributed by atoms with van der Waals surface area (Å²) in [5, 5.41) is 5.69. The third-order valence-electron chi connectivity index (χ3n) is 3.53. The van der Waals surface area contributed by atoms with Crippen LogP contribution in [0.25, 0.3) is 0 Å². The largest absolute Gasteiger partial charge is 0.338 e. The van der Waals surface area contributed by atoms with E-state index in [0.29, 0.717) is 6.54 Å². The van der Waals surface area contributed by atoms with Gasteiger partial charge in [-0.3, -0.25) is 0 Å². The minimum atomic E-state index is -0.164. The summed E-state index contributed by atoms with van der Waals surface area (Å²) < 4.78 is 0. The van der Waals surface area contributed by atoms with Gasteiger partial charge in [-0.1, -0.05) is 26.0 Å². The molecule has 5 nitrogen and oxygen atoms in total. The highest BCUT2D eigenvalue weighted by molar-refractivity contribution is 5.89. The summed E-state index contributed by atoms with van der Waals surface area (Å²) in [4.78, 5) is 14.1. The van der Waals surface area contributed by atoms with Crippen molar-refractivity contribution in [3.8, 4) is 0 Å². The Morgan fingerprint density at radius 2 is 1.86 bits per heavy atom. The number of hydrogen-bond donors (Lipinski definition) is 3. The Kier molecular flexibility index (Phi) is 7.79. The first-order valence-electron chi connectivity index (χ1n) is 7.69. The molecule has 1 aromatic rings. The van der Waals surface area contributed by atoms with E-state index >= 15 is 0 Å². The van der Waals surface area contributed by atoms with Crippen molar-refractivity contribution in [3.63, 3.8) is 0 Å². The van der Waals surface area contributed by atoms with Crippen LogP contribution in [0.1, 0.15) is 38.8 Å². The van der Waals surface area contributed by atoms with Gasteiger partial charge in [0.05, 0.1) is 0 Å². The standard InChI is InChI=1S/C16H28N4O/c1-4-20(5-2)12-6-11-18-16(21)19-15-9-7-14(8-10-15)13(3)17/h7-10,13H,4-6,11-12,17H2,1-3H3,(H2,18,19,21). The molecule has 21 heavy (non-hydrogen) atoms. The van der Waals surface area contributed by atoms with Crippen LogP contribution in [0.15, 0.2) is 24.3 Å². The SMILES string of the molecule is CCN(CC)CCCNC(=O)Nc1ccc(C(C)N)cc1. The van der Waals surface area contributed by atoms with Crippen molar-refractivity contribution >= 4 is 11.7 Å². The van der Waals surface area contributed by atoms with Gasteiger partial charge in [-0.2, -0.15) is 0 Å². The summed E-state index contributed by atoms with van der Waals surface area (Å²) in [6.45, 7) is 10.0. The molecule has 1 aromatic carbocycles. The zero-order chi connectivity index (χ0) is 15.7. The molecule has 0 bridgehead atoms. The number of nitrogens with one attached hydrogen (secondary N) is 2. The number of rotatable bonds is 8. The quantitative estimate of drug-likeness (QED) is 0.645. The fourth-order valence-corrected chi connectivity index (χ4v) is 2.09. The van der Waals surface area contributed by atoms with Gasteiger partial charge in [0.1, 0.15) is 0 Å². The molecule has 2 amide bonds. The first-order chi connectivity index (χ1) is 10.1. The summed E-state index contributed by atoms with van der Waals surface area (Å²) in [6.07, 6.45) is 0.957. The van der Waals surface area contributed by atoms with Gasteiger partial charge >= 0.3 is 6.03 Å². The first-order valence-corrected chi connectivity index (χ1v) is 7.69. The lowest BCUT2D eigenvalue weighted by Crippen LogP contribution is -2.32. The van der Waals surface area contributed by atoms with Gasteiger partial charge in [-0.05, 0) is 50.7 Å². The molecule has 0 saturated carbocycles. The Bertz CT molecular complexity index is 413. The highest BCUT2D eigenvalue weighted by Crippen LogP contribution is 2.13. The van der Waals surface area contributed by atoms with Crippen LogP contribution < -0.4 is 16.4 Å². The fourth-order valence-electron chi connectivity index (χ4n) is 2.09. The van der Waals surface area contributed by atoms with Gasteiger partial charge in [-0.25, -0.2) is 4.79 Å². The van der Waals surface area contributed by atoms with E-state index in [1.165, 1.54) is 0 Å². The third-order valence-corrected chi connectivity index (χ3v) is 3.53. The molecule has 0 spiro atoms. The average molecular weight is 292 g/mol. The monoisotopic (exact) mass is 292 g/mol. The van der Waals surface area contributed by atoms with Crippen LogP contribution in [0.2, 0.25) is 0 Å². The highest BCUT2D eigenvalue weighted by atomic mass is 16.2. The molecule has 0 radical (unpaired) electrons. The van der Waals surface area contributed by atoms with E-state index in [9.17, 15) is 4.79 Å². The predicted octanol–water partition coefficient (Wildman–Crippen LogP) is 2.56. The lowest BCUT2D eigenvalue weighted by molar-refractivity contribution is 0.250. The lowest BCUT2D eigenvalue weighted by atomic mass is 10.1. The van der Waals surface area contributed by atoms with Gasteiger partial charge < -0.3 is 21.3 Å². The van der Waals surface area contributed by atoms with E-state index in [-0.39, 0.29) is 12.1 Å². The second kappa shape index (κ2) is 9.37. The Balaban J connectivity index is 2.27. The summed E-state index contributed by atoms with van der Waals surface area (Å²) >= 11 is 0. The van der Waals surface area contributed by atoms with Crippen molar-refractivity contribution in [2.24, 2.45) is 5.73 Å². The topological polar surface area (TPSA) is 70.4 Å². The van der Waals surface area contributed by atoms with E-state index in [2.05, 4.69) is 29.4 Å². The Morgan fingerprint density at radius 3 is 2.38 bits per heavy atom. The smallest absolute Gasteiger partial charge is 0.319 e.